The minimum atomic E-state index is -0.272. The van der Waals surface area contributed by atoms with E-state index in [4.69, 9.17) is 10.00 Å². The van der Waals surface area contributed by atoms with Crippen LogP contribution in [0.15, 0.2) is 66.7 Å². The van der Waals surface area contributed by atoms with Gasteiger partial charge in [-0.15, -0.1) is 0 Å². The third-order valence-electron chi connectivity index (χ3n) is 9.04. The first-order valence-corrected chi connectivity index (χ1v) is 21.5. The van der Waals surface area contributed by atoms with Crippen LogP contribution in [0.4, 0.5) is 4.39 Å². The number of ether oxygens (including phenoxy) is 1. The van der Waals surface area contributed by atoms with Crippen LogP contribution >= 0.6 is 21.6 Å². The highest BCUT2D eigenvalue weighted by Gasteiger charge is 2.08. The summed E-state index contributed by atoms with van der Waals surface area (Å²) >= 11 is 0. The number of unbranched alkanes of at least 4 members (excludes halogenated alkanes) is 18. The summed E-state index contributed by atoms with van der Waals surface area (Å²) in [4.78, 5) is 0. The molecule has 0 bridgehead atoms. The molecule has 0 saturated heterocycles. The third kappa shape index (κ3) is 17.3. The monoisotopic (exact) mass is 689 g/mol. The van der Waals surface area contributed by atoms with Gasteiger partial charge in [0.25, 0.3) is 0 Å². The van der Waals surface area contributed by atoms with Gasteiger partial charge in [-0.05, 0) is 66.3 Å². The van der Waals surface area contributed by atoms with Gasteiger partial charge in [-0.1, -0.05) is 174 Å². The van der Waals surface area contributed by atoms with E-state index in [1.165, 1.54) is 134 Å². The lowest BCUT2D eigenvalue weighted by atomic mass is 9.99. The van der Waals surface area contributed by atoms with Crippen molar-refractivity contribution in [2.45, 2.75) is 135 Å². The van der Waals surface area contributed by atoms with Crippen LogP contribution in [-0.4, -0.2) is 18.1 Å². The summed E-state index contributed by atoms with van der Waals surface area (Å²) in [6, 6.07) is 22.3. The van der Waals surface area contributed by atoms with Gasteiger partial charge in [-0.2, -0.15) is 5.26 Å². The zero-order valence-corrected chi connectivity index (χ0v) is 31.3. The molecular formula is C43H60FNOS2. The van der Waals surface area contributed by atoms with E-state index < -0.39 is 0 Å². The molecule has 5 heteroatoms. The van der Waals surface area contributed by atoms with Crippen LogP contribution in [0, 0.1) is 17.1 Å². The van der Waals surface area contributed by atoms with Crippen LogP contribution in [0.5, 0.6) is 5.75 Å². The Balaban J connectivity index is 1.09. The molecule has 0 N–H and O–H groups in total. The Morgan fingerprint density at radius 2 is 1.00 bits per heavy atom. The number of hydrogen-bond acceptors (Lipinski definition) is 4. The number of nitriles is 1. The Labute approximate surface area is 300 Å². The maximum absolute atomic E-state index is 14.9. The second-order valence-electron chi connectivity index (χ2n) is 13.1. The summed E-state index contributed by atoms with van der Waals surface area (Å²) in [7, 11) is 4.20. The highest BCUT2D eigenvalue weighted by molar-refractivity contribution is 8.76. The first-order chi connectivity index (χ1) is 23.7. The zero-order chi connectivity index (χ0) is 33.9. The SMILES string of the molecule is CCCCCCCCCCCCSSCCCCCCCCCCCCOc1ccc(-c2ccc(-c3ccc(C#N)cc3)c(F)c2)cc1. The Hall–Kier alpha value is -2.42. The lowest BCUT2D eigenvalue weighted by Gasteiger charge is -2.09. The number of halogens is 1. The van der Waals surface area contributed by atoms with Gasteiger partial charge in [0.05, 0.1) is 18.2 Å². The Morgan fingerprint density at radius 3 is 1.50 bits per heavy atom. The van der Waals surface area contributed by atoms with Gasteiger partial charge >= 0.3 is 0 Å². The summed E-state index contributed by atoms with van der Waals surface area (Å²) in [6.45, 7) is 3.03. The quantitative estimate of drug-likeness (QED) is 0.0561. The average molecular weight is 690 g/mol. The van der Waals surface area contributed by atoms with E-state index in [-0.39, 0.29) is 5.82 Å². The minimum Gasteiger partial charge on any atom is -0.494 e. The van der Waals surface area contributed by atoms with Gasteiger partial charge in [-0.25, -0.2) is 4.39 Å². The molecule has 0 aliphatic heterocycles. The Morgan fingerprint density at radius 1 is 0.542 bits per heavy atom. The molecule has 0 amide bonds. The van der Waals surface area contributed by atoms with E-state index in [9.17, 15) is 4.39 Å². The second kappa shape index (κ2) is 26.4. The van der Waals surface area contributed by atoms with E-state index >= 15 is 0 Å². The number of hydrogen-bond donors (Lipinski definition) is 0. The van der Waals surface area contributed by atoms with E-state index in [1.807, 2.05) is 30.3 Å². The van der Waals surface area contributed by atoms with Gasteiger partial charge in [0.15, 0.2) is 0 Å². The minimum absolute atomic E-state index is 0.272. The summed E-state index contributed by atoms with van der Waals surface area (Å²) in [6.07, 6.45) is 27.5. The Kier molecular flexibility index (Phi) is 22.0. The van der Waals surface area contributed by atoms with Crippen LogP contribution in [0.1, 0.15) is 141 Å². The Bertz CT molecular complexity index is 1270. The van der Waals surface area contributed by atoms with E-state index in [0.717, 1.165) is 35.5 Å². The molecule has 0 aliphatic rings. The predicted octanol–water partition coefficient (Wildman–Crippen LogP) is 14.6. The molecule has 0 unspecified atom stereocenters. The molecule has 0 fully saturated rings. The molecule has 0 aliphatic carbocycles. The molecule has 2 nitrogen and oxygen atoms in total. The number of nitrogens with zero attached hydrogens (tertiary/aromatic N) is 1. The molecule has 0 radical (unpaired) electrons. The first-order valence-electron chi connectivity index (χ1n) is 19.0. The standard InChI is InChI=1S/C43H60FNOS2/c1-2-3-4-5-6-7-11-14-17-20-33-47-48-34-21-18-15-12-9-8-10-13-16-19-32-46-41-29-26-38(27-30-41)40-28-31-42(43(44)35-40)39-24-22-37(36-45)23-25-39/h22-31,35H,2-21,32-34H2,1H3. The molecular weight excluding hydrogens is 630 g/mol. The first kappa shape index (κ1) is 40.0. The maximum atomic E-state index is 14.9. The molecule has 0 heterocycles. The van der Waals surface area contributed by atoms with Crippen molar-refractivity contribution < 1.29 is 9.13 Å². The summed E-state index contributed by atoms with van der Waals surface area (Å²) < 4.78 is 20.9. The number of benzene rings is 3. The highest BCUT2D eigenvalue weighted by Crippen LogP contribution is 2.29. The normalized spacial score (nSPS) is 11.1. The zero-order valence-electron chi connectivity index (χ0n) is 29.7. The van der Waals surface area contributed by atoms with Crippen molar-refractivity contribution in [3.8, 4) is 34.1 Å². The summed E-state index contributed by atoms with van der Waals surface area (Å²) in [5.41, 5.74) is 3.66. The summed E-state index contributed by atoms with van der Waals surface area (Å²) in [5, 5.41) is 8.99. The van der Waals surface area contributed by atoms with Gasteiger partial charge in [-0.3, -0.25) is 0 Å². The van der Waals surface area contributed by atoms with Crippen LogP contribution in [0.2, 0.25) is 0 Å². The smallest absolute Gasteiger partial charge is 0.131 e. The molecule has 0 spiro atoms. The molecule has 3 rings (SSSR count). The average Bonchev–Trinajstić information content (AvgIpc) is 3.12. The molecule has 48 heavy (non-hydrogen) atoms. The largest absolute Gasteiger partial charge is 0.494 e. The van der Waals surface area contributed by atoms with Gasteiger partial charge in [0.2, 0.25) is 0 Å². The van der Waals surface area contributed by atoms with Gasteiger partial charge in [0, 0.05) is 17.1 Å². The molecule has 3 aromatic rings. The van der Waals surface area contributed by atoms with Crippen molar-refractivity contribution in [1.29, 1.82) is 5.26 Å². The van der Waals surface area contributed by atoms with E-state index in [1.54, 1.807) is 36.4 Å². The predicted molar refractivity (Wildman–Crippen MR) is 210 cm³/mol. The molecule has 0 saturated carbocycles. The van der Waals surface area contributed by atoms with Gasteiger partial charge < -0.3 is 4.74 Å². The van der Waals surface area contributed by atoms with Crippen LogP contribution < -0.4 is 4.74 Å². The fraction of sp³-hybridized carbons (Fsp3) is 0.558. The van der Waals surface area contributed by atoms with Crippen molar-refractivity contribution >= 4 is 21.6 Å². The maximum Gasteiger partial charge on any atom is 0.131 e. The lowest BCUT2D eigenvalue weighted by molar-refractivity contribution is 0.304. The fourth-order valence-corrected chi connectivity index (χ4v) is 8.32. The van der Waals surface area contributed by atoms with Crippen molar-refractivity contribution in [2.75, 3.05) is 18.1 Å². The van der Waals surface area contributed by atoms with Crippen molar-refractivity contribution in [2.24, 2.45) is 0 Å². The topological polar surface area (TPSA) is 33.0 Å². The van der Waals surface area contributed by atoms with Crippen molar-refractivity contribution in [1.82, 2.24) is 0 Å². The van der Waals surface area contributed by atoms with Crippen LogP contribution in [0.25, 0.3) is 22.3 Å². The molecule has 3 aromatic carbocycles. The number of rotatable bonds is 28. The fourth-order valence-electron chi connectivity index (χ4n) is 6.03. The highest BCUT2D eigenvalue weighted by atomic mass is 33.1. The van der Waals surface area contributed by atoms with Crippen molar-refractivity contribution in [3.63, 3.8) is 0 Å². The molecule has 0 atom stereocenters. The lowest BCUT2D eigenvalue weighted by Crippen LogP contribution is -1.97. The van der Waals surface area contributed by atoms with Gasteiger partial charge in [0.1, 0.15) is 11.6 Å². The van der Waals surface area contributed by atoms with Crippen LogP contribution in [0.3, 0.4) is 0 Å². The summed E-state index contributed by atoms with van der Waals surface area (Å²) in [5.74, 6) is 3.25. The van der Waals surface area contributed by atoms with Crippen LogP contribution in [-0.2, 0) is 0 Å². The molecule has 0 aromatic heterocycles. The third-order valence-corrected chi connectivity index (χ3v) is 11.6. The van der Waals surface area contributed by atoms with Crippen molar-refractivity contribution in [3.05, 3.63) is 78.1 Å². The molecule has 262 valence electrons. The van der Waals surface area contributed by atoms with E-state index in [0.29, 0.717) is 11.1 Å². The van der Waals surface area contributed by atoms with E-state index in [2.05, 4.69) is 34.6 Å². The second-order valence-corrected chi connectivity index (χ2v) is 15.8.